The van der Waals surface area contributed by atoms with Crippen LogP contribution in [-0.4, -0.2) is 37.0 Å². The Labute approximate surface area is 225 Å². The van der Waals surface area contributed by atoms with Crippen molar-refractivity contribution in [3.8, 4) is 0 Å². The van der Waals surface area contributed by atoms with Crippen LogP contribution in [0.1, 0.15) is 174 Å². The predicted octanol–water partition coefficient (Wildman–Crippen LogP) is 9.70. The Balaban J connectivity index is 3.20. The van der Waals surface area contributed by atoms with Gasteiger partial charge in [-0.25, -0.2) is 0 Å². The number of aliphatic hydroxyl groups is 1. The molecule has 0 spiro atoms. The molecule has 0 aromatic rings. The SMILES string of the molecule is CCCCCCCCCCCCCCCCCCCCCCCCOCC(CO)OC(=O)CCCC. The van der Waals surface area contributed by atoms with Crippen molar-refractivity contribution < 1.29 is 19.4 Å². The quantitative estimate of drug-likeness (QED) is 0.0768. The van der Waals surface area contributed by atoms with Crippen molar-refractivity contribution in [2.75, 3.05) is 19.8 Å². The summed E-state index contributed by atoms with van der Waals surface area (Å²) >= 11 is 0. The molecule has 1 N–H and O–H groups in total. The Morgan fingerprint density at radius 1 is 0.556 bits per heavy atom. The topological polar surface area (TPSA) is 55.8 Å². The van der Waals surface area contributed by atoms with Gasteiger partial charge in [-0.05, 0) is 12.8 Å². The highest BCUT2D eigenvalue weighted by atomic mass is 16.6. The smallest absolute Gasteiger partial charge is 0.306 e. The summed E-state index contributed by atoms with van der Waals surface area (Å²) in [7, 11) is 0. The Hall–Kier alpha value is -0.610. The standard InChI is InChI=1S/C32H64O4/c1-3-5-7-8-9-10-11-12-13-14-15-16-17-18-19-20-21-22-23-24-25-26-28-35-30-31(29-33)36-32(34)27-6-4-2/h31,33H,3-30H2,1-2H3. The van der Waals surface area contributed by atoms with Crippen LogP contribution in [-0.2, 0) is 14.3 Å². The average molecular weight is 513 g/mol. The molecule has 4 nitrogen and oxygen atoms in total. The Bertz CT molecular complexity index is 426. The van der Waals surface area contributed by atoms with Crippen molar-refractivity contribution in [1.82, 2.24) is 0 Å². The van der Waals surface area contributed by atoms with Gasteiger partial charge in [-0.2, -0.15) is 0 Å². The molecule has 0 rings (SSSR count). The van der Waals surface area contributed by atoms with E-state index in [9.17, 15) is 9.90 Å². The number of carbonyl (C=O) groups is 1. The zero-order valence-corrected chi connectivity index (χ0v) is 24.5. The summed E-state index contributed by atoms with van der Waals surface area (Å²) in [6.07, 6.45) is 32.3. The molecular weight excluding hydrogens is 448 g/mol. The lowest BCUT2D eigenvalue weighted by Crippen LogP contribution is -2.27. The molecule has 0 radical (unpaired) electrons. The maximum absolute atomic E-state index is 11.6. The maximum atomic E-state index is 11.6. The lowest BCUT2D eigenvalue weighted by molar-refractivity contribution is -0.154. The summed E-state index contributed by atoms with van der Waals surface area (Å²) in [5.74, 6) is -0.233. The second kappa shape index (κ2) is 30.6. The molecule has 0 aromatic heterocycles. The van der Waals surface area contributed by atoms with E-state index in [1.165, 1.54) is 135 Å². The van der Waals surface area contributed by atoms with Crippen LogP contribution in [0.4, 0.5) is 0 Å². The van der Waals surface area contributed by atoms with E-state index in [1.54, 1.807) is 0 Å². The van der Waals surface area contributed by atoms with Crippen LogP contribution < -0.4 is 0 Å². The molecule has 0 bridgehead atoms. The van der Waals surface area contributed by atoms with Gasteiger partial charge in [-0.1, -0.05) is 155 Å². The molecule has 4 heteroatoms. The van der Waals surface area contributed by atoms with Crippen LogP contribution in [0.15, 0.2) is 0 Å². The van der Waals surface area contributed by atoms with E-state index in [4.69, 9.17) is 9.47 Å². The first-order valence-corrected chi connectivity index (χ1v) is 16.1. The van der Waals surface area contributed by atoms with Crippen LogP contribution in [0.25, 0.3) is 0 Å². The molecule has 0 aliphatic heterocycles. The predicted molar refractivity (Wildman–Crippen MR) is 155 cm³/mol. The van der Waals surface area contributed by atoms with E-state index < -0.39 is 6.10 Å². The first-order valence-electron chi connectivity index (χ1n) is 16.1. The van der Waals surface area contributed by atoms with E-state index in [0.717, 1.165) is 19.3 Å². The molecule has 0 saturated carbocycles. The summed E-state index contributed by atoms with van der Waals surface area (Å²) in [5.41, 5.74) is 0. The molecular formula is C32H64O4. The van der Waals surface area contributed by atoms with Crippen molar-refractivity contribution in [1.29, 1.82) is 0 Å². The minimum Gasteiger partial charge on any atom is -0.457 e. The molecule has 0 fully saturated rings. The number of aliphatic hydroxyl groups excluding tert-OH is 1. The summed E-state index contributed by atoms with van der Waals surface area (Å²) in [6.45, 7) is 5.15. The zero-order valence-electron chi connectivity index (χ0n) is 24.5. The molecule has 36 heavy (non-hydrogen) atoms. The van der Waals surface area contributed by atoms with E-state index >= 15 is 0 Å². The lowest BCUT2D eigenvalue weighted by Gasteiger charge is -2.15. The molecule has 0 saturated heterocycles. The Morgan fingerprint density at radius 2 is 0.917 bits per heavy atom. The number of hydrogen-bond acceptors (Lipinski definition) is 4. The minimum atomic E-state index is -0.519. The second-order valence-electron chi connectivity index (χ2n) is 10.9. The van der Waals surface area contributed by atoms with Gasteiger partial charge in [0.2, 0.25) is 0 Å². The van der Waals surface area contributed by atoms with E-state index in [0.29, 0.717) is 19.6 Å². The molecule has 216 valence electrons. The largest absolute Gasteiger partial charge is 0.457 e. The van der Waals surface area contributed by atoms with Crippen LogP contribution in [0.2, 0.25) is 0 Å². The van der Waals surface area contributed by atoms with Crippen molar-refractivity contribution in [3.05, 3.63) is 0 Å². The summed E-state index contributed by atoms with van der Waals surface area (Å²) in [4.78, 5) is 11.6. The van der Waals surface area contributed by atoms with Gasteiger partial charge in [-0.15, -0.1) is 0 Å². The van der Waals surface area contributed by atoms with E-state index in [-0.39, 0.29) is 12.6 Å². The summed E-state index contributed by atoms with van der Waals surface area (Å²) in [6, 6.07) is 0. The molecule has 0 amide bonds. The average Bonchev–Trinajstić information content (AvgIpc) is 2.89. The van der Waals surface area contributed by atoms with Crippen LogP contribution in [0.3, 0.4) is 0 Å². The van der Waals surface area contributed by atoms with Crippen molar-refractivity contribution in [2.24, 2.45) is 0 Å². The third-order valence-electron chi connectivity index (χ3n) is 7.18. The number of hydrogen-bond donors (Lipinski definition) is 1. The normalized spacial score (nSPS) is 12.2. The van der Waals surface area contributed by atoms with Gasteiger partial charge >= 0.3 is 5.97 Å². The highest BCUT2D eigenvalue weighted by Gasteiger charge is 2.13. The number of unbranched alkanes of at least 4 members (excludes halogenated alkanes) is 22. The molecule has 0 heterocycles. The number of carbonyl (C=O) groups excluding carboxylic acids is 1. The number of ether oxygens (including phenoxy) is 2. The third-order valence-corrected chi connectivity index (χ3v) is 7.18. The molecule has 0 aromatic carbocycles. The fraction of sp³-hybridized carbons (Fsp3) is 0.969. The number of rotatable bonds is 30. The molecule has 0 aliphatic carbocycles. The van der Waals surface area contributed by atoms with Gasteiger partial charge in [0.1, 0.15) is 6.10 Å². The van der Waals surface area contributed by atoms with Gasteiger partial charge in [0.05, 0.1) is 13.2 Å². The highest BCUT2D eigenvalue weighted by Crippen LogP contribution is 2.15. The third kappa shape index (κ3) is 28.0. The lowest BCUT2D eigenvalue weighted by atomic mass is 10.0. The second-order valence-corrected chi connectivity index (χ2v) is 10.9. The van der Waals surface area contributed by atoms with Crippen molar-refractivity contribution in [3.63, 3.8) is 0 Å². The zero-order chi connectivity index (χ0) is 26.4. The fourth-order valence-corrected chi connectivity index (χ4v) is 4.72. The maximum Gasteiger partial charge on any atom is 0.306 e. The van der Waals surface area contributed by atoms with Crippen molar-refractivity contribution >= 4 is 5.97 Å². The van der Waals surface area contributed by atoms with Gasteiger partial charge < -0.3 is 14.6 Å². The fourth-order valence-electron chi connectivity index (χ4n) is 4.72. The van der Waals surface area contributed by atoms with E-state index in [2.05, 4.69) is 6.92 Å². The monoisotopic (exact) mass is 512 g/mol. The van der Waals surface area contributed by atoms with Gasteiger partial charge in [0.15, 0.2) is 0 Å². The van der Waals surface area contributed by atoms with Crippen LogP contribution in [0, 0.1) is 0 Å². The van der Waals surface area contributed by atoms with E-state index in [1.807, 2.05) is 6.92 Å². The number of esters is 1. The van der Waals surface area contributed by atoms with Crippen LogP contribution >= 0.6 is 0 Å². The van der Waals surface area contributed by atoms with Gasteiger partial charge in [-0.3, -0.25) is 4.79 Å². The van der Waals surface area contributed by atoms with Gasteiger partial charge in [0.25, 0.3) is 0 Å². The first-order chi connectivity index (χ1) is 17.7. The molecule has 1 atom stereocenters. The summed E-state index contributed by atoms with van der Waals surface area (Å²) < 4.78 is 10.8. The molecule has 1 unspecified atom stereocenters. The Morgan fingerprint density at radius 3 is 1.28 bits per heavy atom. The Kier molecular flexibility index (Phi) is 30.1. The van der Waals surface area contributed by atoms with Crippen molar-refractivity contribution in [2.45, 2.75) is 180 Å². The first kappa shape index (κ1) is 35.4. The van der Waals surface area contributed by atoms with Gasteiger partial charge in [0, 0.05) is 13.0 Å². The highest BCUT2D eigenvalue weighted by molar-refractivity contribution is 5.69. The summed E-state index contributed by atoms with van der Waals surface area (Å²) in [5, 5.41) is 9.33. The van der Waals surface area contributed by atoms with Crippen LogP contribution in [0.5, 0.6) is 0 Å². The minimum absolute atomic E-state index is 0.169. The molecule has 0 aliphatic rings.